The fraction of sp³-hybridized carbons (Fsp3) is 0.231. The van der Waals surface area contributed by atoms with Crippen LogP contribution in [0.25, 0.3) is 0 Å². The summed E-state index contributed by atoms with van der Waals surface area (Å²) < 4.78 is 4.07. The van der Waals surface area contributed by atoms with E-state index < -0.39 is 5.97 Å². The Bertz CT molecular complexity index is 612. The Kier molecular flexibility index (Phi) is 4.07. The molecule has 0 saturated heterocycles. The number of nitrogens with one attached hydrogen (secondary N) is 1. The molecule has 0 aliphatic carbocycles. The second-order valence-corrected chi connectivity index (χ2v) is 5.35. The highest BCUT2D eigenvalue weighted by molar-refractivity contribution is 7.10. The first kappa shape index (κ1) is 13.8. The van der Waals surface area contributed by atoms with E-state index in [0.29, 0.717) is 15.7 Å². The number of aromatic carboxylic acids is 1. The summed E-state index contributed by atoms with van der Waals surface area (Å²) in [6.45, 7) is 3.62. The van der Waals surface area contributed by atoms with Gasteiger partial charge in [-0.2, -0.15) is 4.37 Å². The number of carboxylic acid groups (broad SMARTS) is 1. The molecule has 2 aromatic rings. The van der Waals surface area contributed by atoms with Crippen molar-refractivity contribution < 1.29 is 9.90 Å². The van der Waals surface area contributed by atoms with Gasteiger partial charge in [0.25, 0.3) is 0 Å². The molecule has 1 unspecified atom stereocenters. The zero-order chi connectivity index (χ0) is 14.0. The molecule has 6 heteroatoms. The number of hydrogen-bond acceptors (Lipinski definition) is 4. The molecule has 1 aromatic heterocycles. The van der Waals surface area contributed by atoms with E-state index in [1.807, 2.05) is 31.2 Å². The van der Waals surface area contributed by atoms with E-state index in [1.54, 1.807) is 6.92 Å². The Morgan fingerprint density at radius 2 is 2.16 bits per heavy atom. The maximum Gasteiger partial charge on any atom is 0.340 e. The van der Waals surface area contributed by atoms with Crippen LogP contribution in [0.15, 0.2) is 24.3 Å². The lowest BCUT2D eigenvalue weighted by molar-refractivity contribution is 0.0697. The molecule has 0 saturated carbocycles. The Morgan fingerprint density at radius 1 is 1.47 bits per heavy atom. The number of nitrogens with zero attached hydrogens (tertiary/aromatic N) is 1. The molecule has 2 rings (SSSR count). The number of hydrogen-bond donors (Lipinski definition) is 2. The van der Waals surface area contributed by atoms with E-state index >= 15 is 0 Å². The van der Waals surface area contributed by atoms with Crippen molar-refractivity contribution in [2.75, 3.05) is 5.32 Å². The van der Waals surface area contributed by atoms with Gasteiger partial charge < -0.3 is 10.4 Å². The minimum atomic E-state index is -0.972. The quantitative estimate of drug-likeness (QED) is 0.896. The molecule has 0 spiro atoms. The molecule has 4 nitrogen and oxygen atoms in total. The van der Waals surface area contributed by atoms with Gasteiger partial charge in [0.2, 0.25) is 0 Å². The van der Waals surface area contributed by atoms with Gasteiger partial charge in [-0.05, 0) is 37.0 Å². The van der Waals surface area contributed by atoms with Crippen molar-refractivity contribution in [2.45, 2.75) is 19.9 Å². The lowest BCUT2D eigenvalue weighted by Gasteiger charge is -2.15. The maximum atomic E-state index is 11.2. The normalized spacial score (nSPS) is 12.2. The zero-order valence-electron chi connectivity index (χ0n) is 10.5. The van der Waals surface area contributed by atoms with Crippen LogP contribution < -0.4 is 5.32 Å². The average molecular weight is 297 g/mol. The first-order valence-electron chi connectivity index (χ1n) is 5.71. The van der Waals surface area contributed by atoms with Crippen molar-refractivity contribution >= 4 is 34.1 Å². The number of benzene rings is 1. The van der Waals surface area contributed by atoms with Crippen LogP contribution in [-0.2, 0) is 0 Å². The van der Waals surface area contributed by atoms with Crippen molar-refractivity contribution in [3.8, 4) is 0 Å². The molecule has 0 aliphatic rings. The van der Waals surface area contributed by atoms with Crippen molar-refractivity contribution in [1.82, 2.24) is 4.37 Å². The lowest BCUT2D eigenvalue weighted by Crippen LogP contribution is -2.09. The standard InChI is InChI=1S/C13H13ClN2O2S/c1-7(9-5-3-4-6-10(9)14)15-12-11(13(17)18)8(2)16-19-12/h3-7,15H,1-2H3,(H,17,18). The molecule has 0 aliphatic heterocycles. The summed E-state index contributed by atoms with van der Waals surface area (Å²) in [4.78, 5) is 11.2. The highest BCUT2D eigenvalue weighted by atomic mass is 35.5. The maximum absolute atomic E-state index is 11.2. The summed E-state index contributed by atoms with van der Waals surface area (Å²) in [5.41, 5.74) is 1.67. The first-order valence-corrected chi connectivity index (χ1v) is 6.86. The average Bonchev–Trinajstić information content (AvgIpc) is 2.70. The fourth-order valence-corrected chi connectivity index (χ4v) is 3.00. The second-order valence-electron chi connectivity index (χ2n) is 4.16. The van der Waals surface area contributed by atoms with Crippen molar-refractivity contribution in [3.63, 3.8) is 0 Å². The van der Waals surface area contributed by atoms with Crippen LogP contribution in [0.4, 0.5) is 5.00 Å². The molecule has 0 amide bonds. The summed E-state index contributed by atoms with van der Waals surface area (Å²) in [6, 6.07) is 7.39. The van der Waals surface area contributed by atoms with Gasteiger partial charge in [0, 0.05) is 5.02 Å². The van der Waals surface area contributed by atoms with Gasteiger partial charge in [0.1, 0.15) is 10.6 Å². The Hall–Kier alpha value is -1.59. The summed E-state index contributed by atoms with van der Waals surface area (Å²) in [5, 5.41) is 13.5. The number of carboxylic acids is 1. The molecule has 2 N–H and O–H groups in total. The van der Waals surface area contributed by atoms with E-state index in [0.717, 1.165) is 17.1 Å². The third-order valence-corrected chi connectivity index (χ3v) is 4.01. The number of aromatic nitrogens is 1. The predicted molar refractivity (Wildman–Crippen MR) is 77.3 cm³/mol. The Labute approximate surface area is 120 Å². The van der Waals surface area contributed by atoms with Crippen LogP contribution in [0.5, 0.6) is 0 Å². The van der Waals surface area contributed by atoms with Crippen LogP contribution in [0.2, 0.25) is 5.02 Å². The van der Waals surface area contributed by atoms with E-state index in [4.69, 9.17) is 11.6 Å². The lowest BCUT2D eigenvalue weighted by atomic mass is 10.1. The van der Waals surface area contributed by atoms with Gasteiger partial charge in [-0.25, -0.2) is 4.79 Å². The molecule has 0 bridgehead atoms. The third-order valence-electron chi connectivity index (χ3n) is 2.80. The molecule has 100 valence electrons. The second kappa shape index (κ2) is 5.59. The number of carbonyl (C=O) groups is 1. The van der Waals surface area contributed by atoms with Crippen molar-refractivity contribution in [1.29, 1.82) is 0 Å². The molecule has 1 atom stereocenters. The molecule has 19 heavy (non-hydrogen) atoms. The van der Waals surface area contributed by atoms with Crippen LogP contribution in [0.1, 0.15) is 34.6 Å². The van der Waals surface area contributed by atoms with E-state index in [9.17, 15) is 9.90 Å². The summed E-state index contributed by atoms with van der Waals surface area (Å²) in [7, 11) is 0. The minimum Gasteiger partial charge on any atom is -0.478 e. The molecular weight excluding hydrogens is 284 g/mol. The minimum absolute atomic E-state index is 0.0911. The van der Waals surface area contributed by atoms with Crippen LogP contribution >= 0.6 is 23.1 Å². The van der Waals surface area contributed by atoms with Gasteiger partial charge in [0.05, 0.1) is 11.7 Å². The summed E-state index contributed by atoms with van der Waals surface area (Å²) in [6.07, 6.45) is 0. The van der Waals surface area contributed by atoms with Crippen LogP contribution in [-0.4, -0.2) is 15.4 Å². The van der Waals surface area contributed by atoms with Gasteiger partial charge >= 0.3 is 5.97 Å². The Morgan fingerprint density at radius 3 is 2.79 bits per heavy atom. The highest BCUT2D eigenvalue weighted by Crippen LogP contribution is 2.30. The number of anilines is 1. The monoisotopic (exact) mass is 296 g/mol. The Balaban J connectivity index is 2.27. The van der Waals surface area contributed by atoms with Gasteiger partial charge in [-0.3, -0.25) is 0 Å². The number of rotatable bonds is 4. The molecule has 0 radical (unpaired) electrons. The molecular formula is C13H13ClN2O2S. The van der Waals surface area contributed by atoms with Gasteiger partial charge in [0.15, 0.2) is 0 Å². The largest absolute Gasteiger partial charge is 0.478 e. The number of halogens is 1. The van der Waals surface area contributed by atoms with E-state index in [-0.39, 0.29) is 11.6 Å². The van der Waals surface area contributed by atoms with Crippen molar-refractivity contribution in [2.24, 2.45) is 0 Å². The number of aryl methyl sites for hydroxylation is 1. The fourth-order valence-electron chi connectivity index (χ4n) is 1.82. The third kappa shape index (κ3) is 2.88. The topological polar surface area (TPSA) is 62.2 Å². The highest BCUT2D eigenvalue weighted by Gasteiger charge is 2.19. The van der Waals surface area contributed by atoms with Gasteiger partial charge in [-0.1, -0.05) is 29.8 Å². The smallest absolute Gasteiger partial charge is 0.340 e. The summed E-state index contributed by atoms with van der Waals surface area (Å²) in [5.74, 6) is -0.972. The molecule has 1 aromatic carbocycles. The van der Waals surface area contributed by atoms with Gasteiger partial charge in [-0.15, -0.1) is 0 Å². The van der Waals surface area contributed by atoms with Crippen molar-refractivity contribution in [3.05, 3.63) is 46.1 Å². The first-order chi connectivity index (χ1) is 9.00. The van der Waals surface area contributed by atoms with Crippen LogP contribution in [0.3, 0.4) is 0 Å². The molecule has 0 fully saturated rings. The van der Waals surface area contributed by atoms with Crippen LogP contribution in [0, 0.1) is 6.92 Å². The molecule has 1 heterocycles. The predicted octanol–water partition coefficient (Wildman–Crippen LogP) is 3.98. The zero-order valence-corrected chi connectivity index (χ0v) is 12.0. The summed E-state index contributed by atoms with van der Waals surface area (Å²) >= 11 is 7.27. The SMILES string of the molecule is Cc1nsc(NC(C)c2ccccc2Cl)c1C(=O)O. The van der Waals surface area contributed by atoms with E-state index in [1.165, 1.54) is 0 Å². The van der Waals surface area contributed by atoms with E-state index in [2.05, 4.69) is 9.69 Å².